The quantitative estimate of drug-likeness (QED) is 0.163. The van der Waals surface area contributed by atoms with Gasteiger partial charge in [0, 0.05) is 16.8 Å². The molecule has 0 spiro atoms. The van der Waals surface area contributed by atoms with E-state index in [2.05, 4.69) is 5.32 Å². The number of nitriles is 1. The highest BCUT2D eigenvalue weighted by molar-refractivity contribution is 6.30. The van der Waals surface area contributed by atoms with E-state index in [-0.39, 0.29) is 17.1 Å². The van der Waals surface area contributed by atoms with E-state index in [1.807, 2.05) is 0 Å². The number of nitrogens with zero attached hydrogens (tertiary/aromatic N) is 2. The Morgan fingerprint density at radius 2 is 1.75 bits per heavy atom. The maximum atomic E-state index is 12.9. The number of alkyl halides is 3. The molecule has 3 rings (SSSR count). The van der Waals surface area contributed by atoms with E-state index in [9.17, 15) is 33.3 Å². The second-order valence-corrected chi connectivity index (χ2v) is 7.52. The van der Waals surface area contributed by atoms with Crippen LogP contribution in [-0.2, 0) is 11.0 Å². The summed E-state index contributed by atoms with van der Waals surface area (Å²) in [5.41, 5.74) is -1.55. The van der Waals surface area contributed by atoms with Gasteiger partial charge in [-0.1, -0.05) is 17.7 Å². The number of ether oxygens (including phenoxy) is 2. The molecule has 0 aliphatic rings. The number of amides is 1. The summed E-state index contributed by atoms with van der Waals surface area (Å²) in [5.74, 6) is -1.11. The minimum atomic E-state index is -4.77. The molecule has 1 N–H and O–H groups in total. The van der Waals surface area contributed by atoms with Gasteiger partial charge in [0.25, 0.3) is 5.91 Å². The summed E-state index contributed by atoms with van der Waals surface area (Å²) in [5, 5.41) is 23.8. The number of nitro benzene ring substituents is 1. The van der Waals surface area contributed by atoms with Crippen LogP contribution in [0.1, 0.15) is 11.1 Å². The third-order valence-corrected chi connectivity index (χ3v) is 4.92. The van der Waals surface area contributed by atoms with Gasteiger partial charge >= 0.3 is 11.9 Å². The number of carbonyl (C=O) groups is 1. The van der Waals surface area contributed by atoms with Crippen molar-refractivity contribution in [3.63, 3.8) is 0 Å². The molecule has 0 heterocycles. The molecule has 0 atom stereocenters. The molecule has 184 valence electrons. The van der Waals surface area contributed by atoms with Crippen LogP contribution in [0.25, 0.3) is 6.08 Å². The van der Waals surface area contributed by atoms with Crippen molar-refractivity contribution in [1.29, 1.82) is 5.26 Å². The van der Waals surface area contributed by atoms with E-state index in [0.717, 1.165) is 6.07 Å². The zero-order valence-corrected chi connectivity index (χ0v) is 19.1. The molecule has 1 amide bonds. The lowest BCUT2D eigenvalue weighted by Gasteiger charge is -2.13. The van der Waals surface area contributed by atoms with Crippen LogP contribution < -0.4 is 14.8 Å². The van der Waals surface area contributed by atoms with Crippen molar-refractivity contribution < 1.29 is 32.4 Å². The first kappa shape index (κ1) is 26.1. The Morgan fingerprint density at radius 3 is 2.33 bits per heavy atom. The molecule has 36 heavy (non-hydrogen) atoms. The molecular weight excluding hydrogens is 503 g/mol. The fourth-order valence-corrected chi connectivity index (χ4v) is 3.07. The highest BCUT2D eigenvalue weighted by Crippen LogP contribution is 2.40. The number of carbonyl (C=O) groups excluding carboxylic acids is 1. The second kappa shape index (κ2) is 10.8. The van der Waals surface area contributed by atoms with Gasteiger partial charge in [-0.2, -0.15) is 18.4 Å². The van der Waals surface area contributed by atoms with Gasteiger partial charge in [-0.3, -0.25) is 14.9 Å². The molecule has 8 nitrogen and oxygen atoms in total. The van der Waals surface area contributed by atoms with Crippen molar-refractivity contribution in [1.82, 2.24) is 0 Å². The van der Waals surface area contributed by atoms with Crippen LogP contribution in [0.4, 0.5) is 24.5 Å². The third-order valence-electron chi connectivity index (χ3n) is 4.67. The lowest BCUT2D eigenvalue weighted by molar-refractivity contribution is -0.385. The third kappa shape index (κ3) is 6.31. The molecule has 0 bridgehead atoms. The summed E-state index contributed by atoms with van der Waals surface area (Å²) in [6, 6.07) is 14.1. The van der Waals surface area contributed by atoms with Gasteiger partial charge in [-0.25, -0.2) is 0 Å². The van der Waals surface area contributed by atoms with Crippen LogP contribution in [0.5, 0.6) is 17.2 Å². The maximum Gasteiger partial charge on any atom is 0.416 e. The molecule has 0 aliphatic heterocycles. The Hall–Kier alpha value is -4.56. The van der Waals surface area contributed by atoms with Crippen LogP contribution in [0.3, 0.4) is 0 Å². The fourth-order valence-electron chi connectivity index (χ4n) is 2.95. The predicted molar refractivity (Wildman–Crippen MR) is 125 cm³/mol. The first-order valence-corrected chi connectivity index (χ1v) is 10.3. The van der Waals surface area contributed by atoms with Gasteiger partial charge in [0.1, 0.15) is 11.6 Å². The zero-order chi connectivity index (χ0) is 26.5. The molecule has 0 radical (unpaired) electrons. The van der Waals surface area contributed by atoms with Crippen LogP contribution in [-0.4, -0.2) is 17.9 Å². The lowest BCUT2D eigenvalue weighted by Crippen LogP contribution is -2.13. The van der Waals surface area contributed by atoms with E-state index in [4.69, 9.17) is 21.1 Å². The number of hydrogen-bond acceptors (Lipinski definition) is 6. The Kier molecular flexibility index (Phi) is 7.81. The molecule has 0 saturated carbocycles. The van der Waals surface area contributed by atoms with Gasteiger partial charge in [-0.15, -0.1) is 0 Å². The van der Waals surface area contributed by atoms with Gasteiger partial charge in [0.05, 0.1) is 17.6 Å². The van der Waals surface area contributed by atoms with Crippen molar-refractivity contribution in [2.24, 2.45) is 0 Å². The average Bonchev–Trinajstić information content (AvgIpc) is 2.84. The molecule has 0 aromatic heterocycles. The molecule has 12 heteroatoms. The highest BCUT2D eigenvalue weighted by Gasteiger charge is 2.33. The number of halogens is 4. The molecular formula is C24H15ClF3N3O5. The van der Waals surface area contributed by atoms with Gasteiger partial charge in [0.2, 0.25) is 5.75 Å². The molecule has 3 aromatic carbocycles. The van der Waals surface area contributed by atoms with E-state index in [0.29, 0.717) is 28.4 Å². The number of hydrogen-bond donors (Lipinski definition) is 1. The largest absolute Gasteiger partial charge is 0.493 e. The molecule has 3 aromatic rings. The molecule has 0 aliphatic carbocycles. The number of nitrogens with one attached hydrogen (secondary N) is 1. The van der Waals surface area contributed by atoms with Crippen LogP contribution in [0.2, 0.25) is 5.02 Å². The summed E-state index contributed by atoms with van der Waals surface area (Å²) in [6.07, 6.45) is -3.49. The lowest BCUT2D eigenvalue weighted by atomic mass is 10.1. The summed E-state index contributed by atoms with van der Waals surface area (Å²) in [6.45, 7) is 0. The SMILES string of the molecule is COc1cc(/C=C(\C#N)C(=O)Nc2ccc(Cl)cc2)ccc1Oc1ccc(C(F)(F)F)cc1[N+](=O)[O-]. The number of rotatable bonds is 7. The first-order valence-electron chi connectivity index (χ1n) is 9.92. The minimum Gasteiger partial charge on any atom is -0.493 e. The van der Waals surface area contributed by atoms with Gasteiger partial charge < -0.3 is 14.8 Å². The minimum absolute atomic E-state index is 0.0402. The van der Waals surface area contributed by atoms with E-state index in [1.165, 1.54) is 31.4 Å². The molecule has 0 fully saturated rings. The molecule has 0 saturated heterocycles. The Labute approximate surface area is 207 Å². The fraction of sp³-hybridized carbons (Fsp3) is 0.0833. The number of nitro groups is 1. The monoisotopic (exact) mass is 517 g/mol. The van der Waals surface area contributed by atoms with E-state index in [1.54, 1.807) is 30.3 Å². The summed E-state index contributed by atoms with van der Waals surface area (Å²) >= 11 is 5.81. The zero-order valence-electron chi connectivity index (χ0n) is 18.3. The summed E-state index contributed by atoms with van der Waals surface area (Å²) < 4.78 is 49.5. The predicted octanol–water partition coefficient (Wildman–Crippen LogP) is 6.61. The second-order valence-electron chi connectivity index (χ2n) is 7.08. The van der Waals surface area contributed by atoms with E-state index >= 15 is 0 Å². The summed E-state index contributed by atoms with van der Waals surface area (Å²) in [7, 11) is 1.27. The van der Waals surface area contributed by atoms with Crippen molar-refractivity contribution in [2.45, 2.75) is 6.18 Å². The van der Waals surface area contributed by atoms with Crippen molar-refractivity contribution >= 4 is 35.0 Å². The first-order chi connectivity index (χ1) is 17.0. The van der Waals surface area contributed by atoms with E-state index < -0.39 is 34.0 Å². The Balaban J connectivity index is 1.88. The van der Waals surface area contributed by atoms with Crippen LogP contribution in [0.15, 0.2) is 66.2 Å². The normalized spacial score (nSPS) is 11.4. The number of benzene rings is 3. The van der Waals surface area contributed by atoms with Gasteiger partial charge in [-0.05, 0) is 60.2 Å². The standard InChI is InChI=1S/C24H15ClF3N3O5/c1-35-22-11-14(10-15(13-29)23(32)30-18-6-4-17(25)5-7-18)2-8-21(22)36-20-9-3-16(24(26,27)28)12-19(20)31(33)34/h2-12H,1H3,(H,30,32)/b15-10+. The summed E-state index contributed by atoms with van der Waals surface area (Å²) in [4.78, 5) is 22.8. The van der Waals surface area contributed by atoms with Crippen molar-refractivity contribution in [2.75, 3.05) is 12.4 Å². The van der Waals surface area contributed by atoms with Crippen molar-refractivity contribution in [3.8, 4) is 23.3 Å². The Morgan fingerprint density at radius 1 is 1.08 bits per heavy atom. The number of methoxy groups -OCH3 is 1. The topological polar surface area (TPSA) is 114 Å². The molecule has 0 unspecified atom stereocenters. The maximum absolute atomic E-state index is 12.9. The highest BCUT2D eigenvalue weighted by atomic mass is 35.5. The van der Waals surface area contributed by atoms with Crippen LogP contribution >= 0.6 is 11.6 Å². The van der Waals surface area contributed by atoms with Gasteiger partial charge in [0.15, 0.2) is 11.5 Å². The Bertz CT molecular complexity index is 1380. The van der Waals surface area contributed by atoms with Crippen molar-refractivity contribution in [3.05, 3.63) is 92.5 Å². The number of anilines is 1. The van der Waals surface area contributed by atoms with Crippen LogP contribution in [0, 0.1) is 21.4 Å². The smallest absolute Gasteiger partial charge is 0.416 e. The average molecular weight is 518 g/mol.